The average molecular weight is 285 g/mol. The summed E-state index contributed by atoms with van der Waals surface area (Å²) in [6.07, 6.45) is 6.01. The first-order valence-corrected chi connectivity index (χ1v) is 6.96. The zero-order valence-electron chi connectivity index (χ0n) is 12.3. The molecule has 6 nitrogen and oxygen atoms in total. The highest BCUT2D eigenvalue weighted by molar-refractivity contribution is 5.83. The maximum absolute atomic E-state index is 11.7. The quantitative estimate of drug-likeness (QED) is 0.575. The van der Waals surface area contributed by atoms with E-state index in [9.17, 15) is 5.21 Å². The Hall–Kier alpha value is -2.18. The number of hydrogen-bond acceptors (Lipinski definition) is 3. The Morgan fingerprint density at radius 1 is 1.33 bits per heavy atom. The van der Waals surface area contributed by atoms with E-state index in [2.05, 4.69) is 33.3 Å². The summed E-state index contributed by atoms with van der Waals surface area (Å²) in [7, 11) is 3.34. The third-order valence-electron chi connectivity index (χ3n) is 3.56. The van der Waals surface area contributed by atoms with Gasteiger partial charge in [0.05, 0.1) is 27.2 Å². The molecule has 0 saturated heterocycles. The highest BCUT2D eigenvalue weighted by Gasteiger charge is 2.09. The third-order valence-corrected chi connectivity index (χ3v) is 3.56. The minimum absolute atomic E-state index is 0.272. The number of aromatic amines is 1. The van der Waals surface area contributed by atoms with E-state index in [-0.39, 0.29) is 4.65 Å². The molecule has 110 valence electrons. The van der Waals surface area contributed by atoms with Crippen molar-refractivity contribution in [2.45, 2.75) is 13.0 Å². The SMILES string of the molecule is C[N+](C)([O-])CCc1c[nH]c2ccc(Cn3cncn3)cc12. The molecule has 0 radical (unpaired) electrons. The third kappa shape index (κ3) is 3.29. The van der Waals surface area contributed by atoms with Gasteiger partial charge in [0.2, 0.25) is 0 Å². The Bertz CT molecular complexity index is 724. The Kier molecular flexibility index (Phi) is 3.48. The molecule has 21 heavy (non-hydrogen) atoms. The summed E-state index contributed by atoms with van der Waals surface area (Å²) in [5, 5.41) is 17.0. The minimum atomic E-state index is -0.272. The molecular weight excluding hydrogens is 266 g/mol. The van der Waals surface area contributed by atoms with Crippen LogP contribution in [-0.4, -0.2) is 45.0 Å². The normalized spacial score (nSPS) is 12.1. The number of benzene rings is 1. The van der Waals surface area contributed by atoms with E-state index in [1.54, 1.807) is 25.1 Å². The van der Waals surface area contributed by atoms with E-state index in [1.807, 2.05) is 6.20 Å². The van der Waals surface area contributed by atoms with Gasteiger partial charge in [-0.05, 0) is 23.3 Å². The Labute approximate surface area is 123 Å². The molecule has 0 fully saturated rings. The smallest absolute Gasteiger partial charge is 0.137 e. The van der Waals surface area contributed by atoms with Crippen LogP contribution in [0.2, 0.25) is 0 Å². The number of likely N-dealkylation sites (N-methyl/N-ethyl adjacent to an activating group) is 1. The number of hydrogen-bond donors (Lipinski definition) is 1. The molecule has 2 heterocycles. The van der Waals surface area contributed by atoms with Gasteiger partial charge in [0, 0.05) is 23.5 Å². The summed E-state index contributed by atoms with van der Waals surface area (Å²) in [6, 6.07) is 6.31. The molecular formula is C15H19N5O. The van der Waals surface area contributed by atoms with E-state index >= 15 is 0 Å². The lowest BCUT2D eigenvalue weighted by Crippen LogP contribution is -2.34. The van der Waals surface area contributed by atoms with E-state index in [0.29, 0.717) is 13.1 Å². The molecule has 0 spiro atoms. The van der Waals surface area contributed by atoms with Crippen LogP contribution in [0.4, 0.5) is 0 Å². The number of nitrogens with one attached hydrogen (secondary N) is 1. The monoisotopic (exact) mass is 285 g/mol. The summed E-state index contributed by atoms with van der Waals surface area (Å²) in [6.45, 7) is 1.27. The van der Waals surface area contributed by atoms with Gasteiger partial charge >= 0.3 is 0 Å². The molecule has 0 aliphatic rings. The first-order chi connectivity index (χ1) is 10.0. The van der Waals surface area contributed by atoms with Gasteiger partial charge in [-0.15, -0.1) is 0 Å². The van der Waals surface area contributed by atoms with Gasteiger partial charge in [0.1, 0.15) is 12.7 Å². The second kappa shape index (κ2) is 5.31. The average Bonchev–Trinajstić information content (AvgIpc) is 3.05. The van der Waals surface area contributed by atoms with Crippen LogP contribution in [0.3, 0.4) is 0 Å². The van der Waals surface area contributed by atoms with Gasteiger partial charge in [-0.1, -0.05) is 6.07 Å². The van der Waals surface area contributed by atoms with Crippen molar-refractivity contribution in [1.82, 2.24) is 19.7 Å². The van der Waals surface area contributed by atoms with E-state index in [4.69, 9.17) is 0 Å². The Morgan fingerprint density at radius 2 is 2.19 bits per heavy atom. The highest BCUT2D eigenvalue weighted by Crippen LogP contribution is 2.21. The summed E-state index contributed by atoms with van der Waals surface area (Å²) in [4.78, 5) is 7.22. The van der Waals surface area contributed by atoms with Crippen molar-refractivity contribution in [2.75, 3.05) is 20.6 Å². The first kappa shape index (κ1) is 13.8. The largest absolute Gasteiger partial charge is 0.633 e. The van der Waals surface area contributed by atoms with Crippen LogP contribution < -0.4 is 0 Å². The number of H-pyrrole nitrogens is 1. The Balaban J connectivity index is 1.85. The molecule has 1 N–H and O–H groups in total. The van der Waals surface area contributed by atoms with Crippen molar-refractivity contribution in [3.8, 4) is 0 Å². The van der Waals surface area contributed by atoms with Gasteiger partial charge < -0.3 is 14.8 Å². The fraction of sp³-hybridized carbons (Fsp3) is 0.333. The van der Waals surface area contributed by atoms with Crippen LogP contribution >= 0.6 is 0 Å². The molecule has 1 aromatic carbocycles. The zero-order chi connectivity index (χ0) is 14.9. The summed E-state index contributed by atoms with van der Waals surface area (Å²) in [5.74, 6) is 0. The first-order valence-electron chi connectivity index (χ1n) is 6.96. The van der Waals surface area contributed by atoms with E-state index < -0.39 is 0 Å². The molecule has 2 aromatic heterocycles. The summed E-state index contributed by atoms with van der Waals surface area (Å²) < 4.78 is 1.52. The fourth-order valence-electron chi connectivity index (χ4n) is 2.42. The predicted molar refractivity (Wildman–Crippen MR) is 81.5 cm³/mol. The maximum atomic E-state index is 11.7. The van der Waals surface area contributed by atoms with Crippen molar-refractivity contribution in [2.24, 2.45) is 0 Å². The maximum Gasteiger partial charge on any atom is 0.137 e. The topological polar surface area (TPSA) is 69.6 Å². The molecule has 0 atom stereocenters. The standard InChI is InChI=1S/C15H19N5O/c1-20(2,21)6-5-13-8-17-15-4-3-12(7-14(13)15)9-19-11-16-10-18-19/h3-4,7-8,10-11,17H,5-6,9H2,1-2H3. The Morgan fingerprint density at radius 3 is 2.90 bits per heavy atom. The van der Waals surface area contributed by atoms with E-state index in [1.165, 1.54) is 22.8 Å². The minimum Gasteiger partial charge on any atom is -0.633 e. The lowest BCUT2D eigenvalue weighted by atomic mass is 10.1. The van der Waals surface area contributed by atoms with Crippen molar-refractivity contribution in [1.29, 1.82) is 0 Å². The van der Waals surface area contributed by atoms with Gasteiger partial charge in [0.25, 0.3) is 0 Å². The van der Waals surface area contributed by atoms with Crippen molar-refractivity contribution in [3.63, 3.8) is 0 Å². The molecule has 0 saturated carbocycles. The molecule has 0 amide bonds. The number of hydroxylamine groups is 3. The van der Waals surface area contributed by atoms with Gasteiger partial charge in [0.15, 0.2) is 0 Å². The van der Waals surface area contributed by atoms with Crippen molar-refractivity contribution in [3.05, 3.63) is 53.4 Å². The molecule has 0 unspecified atom stereocenters. The number of rotatable bonds is 5. The fourth-order valence-corrected chi connectivity index (χ4v) is 2.42. The van der Waals surface area contributed by atoms with E-state index in [0.717, 1.165) is 11.9 Å². The van der Waals surface area contributed by atoms with Crippen LogP contribution in [0.25, 0.3) is 10.9 Å². The lowest BCUT2D eigenvalue weighted by Gasteiger charge is -2.33. The molecule has 3 aromatic rings. The van der Waals surface area contributed by atoms with Crippen LogP contribution in [0, 0.1) is 5.21 Å². The van der Waals surface area contributed by atoms with Crippen molar-refractivity contribution < 1.29 is 4.65 Å². The van der Waals surface area contributed by atoms with Crippen LogP contribution in [0.15, 0.2) is 37.1 Å². The van der Waals surface area contributed by atoms with Crippen molar-refractivity contribution >= 4 is 10.9 Å². The summed E-state index contributed by atoms with van der Waals surface area (Å²) in [5.41, 5.74) is 3.46. The second-order valence-corrected chi connectivity index (χ2v) is 5.83. The lowest BCUT2D eigenvalue weighted by molar-refractivity contribution is -0.839. The van der Waals surface area contributed by atoms with Crippen LogP contribution in [0.5, 0.6) is 0 Å². The number of fused-ring (bicyclic) bond motifs is 1. The number of quaternary nitrogens is 1. The molecule has 0 bridgehead atoms. The number of nitrogens with zero attached hydrogens (tertiary/aromatic N) is 4. The molecule has 0 aliphatic carbocycles. The van der Waals surface area contributed by atoms with Gasteiger partial charge in [-0.3, -0.25) is 0 Å². The predicted octanol–water partition coefficient (Wildman–Crippen LogP) is 1.92. The highest BCUT2D eigenvalue weighted by atomic mass is 16.5. The number of aromatic nitrogens is 4. The molecule has 0 aliphatic heterocycles. The van der Waals surface area contributed by atoms with Crippen LogP contribution in [0.1, 0.15) is 11.1 Å². The molecule has 6 heteroatoms. The van der Waals surface area contributed by atoms with Crippen LogP contribution in [-0.2, 0) is 13.0 Å². The zero-order valence-corrected chi connectivity index (χ0v) is 12.3. The molecule has 3 rings (SSSR count). The van der Waals surface area contributed by atoms with Gasteiger partial charge in [-0.25, -0.2) is 9.67 Å². The summed E-state index contributed by atoms with van der Waals surface area (Å²) >= 11 is 0. The second-order valence-electron chi connectivity index (χ2n) is 5.83. The van der Waals surface area contributed by atoms with Gasteiger partial charge in [-0.2, -0.15) is 5.10 Å².